The Hall–Kier alpha value is -4.34. The van der Waals surface area contributed by atoms with E-state index >= 15 is 0 Å². The number of rotatable bonds is 9. The highest BCUT2D eigenvalue weighted by Gasteiger charge is 2.34. The highest BCUT2D eigenvalue weighted by atomic mass is 32.1. The number of nitrogens with one attached hydrogen (secondary N) is 2. The Morgan fingerprint density at radius 1 is 1.19 bits per heavy atom. The van der Waals surface area contributed by atoms with Gasteiger partial charge in [0, 0.05) is 40.8 Å². The molecule has 228 valence electrons. The van der Waals surface area contributed by atoms with Gasteiger partial charge in [-0.3, -0.25) is 10.1 Å². The quantitative estimate of drug-likeness (QED) is 0.201. The van der Waals surface area contributed by atoms with Crippen LogP contribution in [0.1, 0.15) is 42.9 Å². The van der Waals surface area contributed by atoms with Gasteiger partial charge in [-0.15, -0.1) is 11.3 Å². The van der Waals surface area contributed by atoms with Gasteiger partial charge in [0.2, 0.25) is 5.43 Å². The third-order valence-corrected chi connectivity index (χ3v) is 7.32. The summed E-state index contributed by atoms with van der Waals surface area (Å²) in [6, 6.07) is 4.42. The van der Waals surface area contributed by atoms with Gasteiger partial charge in [-0.2, -0.15) is 13.2 Å². The van der Waals surface area contributed by atoms with E-state index in [1.165, 1.54) is 42.1 Å². The van der Waals surface area contributed by atoms with Gasteiger partial charge in [-0.25, -0.2) is 19.6 Å². The molecular weight excluding hydrogens is 591 g/mol. The van der Waals surface area contributed by atoms with Crippen LogP contribution in [0.25, 0.3) is 32.6 Å². The van der Waals surface area contributed by atoms with Crippen molar-refractivity contribution in [2.24, 2.45) is 0 Å². The number of aliphatic hydroxyl groups is 2. The second-order valence-corrected chi connectivity index (χ2v) is 10.2. The van der Waals surface area contributed by atoms with E-state index in [1.54, 1.807) is 19.9 Å². The highest BCUT2D eigenvalue weighted by molar-refractivity contribution is 7.13. The lowest BCUT2D eigenvalue weighted by Gasteiger charge is -2.24. The van der Waals surface area contributed by atoms with Crippen molar-refractivity contribution in [2.45, 2.75) is 39.1 Å². The molecule has 11 nitrogen and oxygen atoms in total. The minimum absolute atomic E-state index is 0.00436. The monoisotopic (exact) mass is 619 g/mol. The third-order valence-electron chi connectivity index (χ3n) is 6.45. The maximum Gasteiger partial charge on any atom is 0.434 e. The Morgan fingerprint density at radius 3 is 2.53 bits per heavy atom. The maximum atomic E-state index is 13.5. The number of benzene rings is 1. The minimum atomic E-state index is -4.69. The second-order valence-electron chi connectivity index (χ2n) is 9.36. The van der Waals surface area contributed by atoms with Crippen LogP contribution in [0, 0.1) is 0 Å². The number of carbonyl (C=O) groups is 2. The van der Waals surface area contributed by atoms with Crippen LogP contribution in [0.3, 0.4) is 0 Å². The van der Waals surface area contributed by atoms with Crippen LogP contribution in [0.2, 0.25) is 0 Å². The molecule has 0 aliphatic rings. The summed E-state index contributed by atoms with van der Waals surface area (Å²) in [6.45, 7) is 4.53. The summed E-state index contributed by atoms with van der Waals surface area (Å²) in [4.78, 5) is 46.3. The molecule has 0 fully saturated rings. The van der Waals surface area contributed by atoms with Gasteiger partial charge in [-0.05, 0) is 44.5 Å². The van der Waals surface area contributed by atoms with Crippen molar-refractivity contribution in [1.82, 2.24) is 19.9 Å². The summed E-state index contributed by atoms with van der Waals surface area (Å²) in [5, 5.41) is 26.2. The highest BCUT2D eigenvalue weighted by Crippen LogP contribution is 2.39. The second kappa shape index (κ2) is 12.9. The summed E-state index contributed by atoms with van der Waals surface area (Å²) >= 11 is 0.738. The number of carbonyl (C=O) groups excluding carboxylic acids is 2. The molecule has 0 aliphatic heterocycles. The Morgan fingerprint density at radius 2 is 1.93 bits per heavy atom. The van der Waals surface area contributed by atoms with Crippen molar-refractivity contribution < 1.29 is 37.7 Å². The average molecular weight is 620 g/mol. The number of alkyl halides is 3. The fourth-order valence-electron chi connectivity index (χ4n) is 4.40. The largest absolute Gasteiger partial charge is 0.462 e. The lowest BCUT2D eigenvalue weighted by atomic mass is 9.98. The van der Waals surface area contributed by atoms with E-state index in [0.717, 1.165) is 16.7 Å². The van der Waals surface area contributed by atoms with Gasteiger partial charge in [0.15, 0.2) is 5.69 Å². The van der Waals surface area contributed by atoms with Crippen LogP contribution in [-0.4, -0.2) is 62.6 Å². The van der Waals surface area contributed by atoms with Crippen molar-refractivity contribution in [3.8, 4) is 21.7 Å². The molecular formula is C28H28F3N5O6S. The maximum absolute atomic E-state index is 13.5. The van der Waals surface area contributed by atoms with Gasteiger partial charge in [0.1, 0.15) is 16.4 Å². The molecule has 4 rings (SSSR count). The normalized spacial score (nSPS) is 13.0. The zero-order valence-electron chi connectivity index (χ0n) is 23.2. The fourth-order valence-corrected chi connectivity index (χ4v) is 5.26. The molecule has 4 N–H and O–H groups in total. The predicted octanol–water partition coefficient (Wildman–Crippen LogP) is 4.44. The van der Waals surface area contributed by atoms with E-state index in [-0.39, 0.29) is 45.0 Å². The molecule has 0 saturated heterocycles. The smallest absolute Gasteiger partial charge is 0.434 e. The van der Waals surface area contributed by atoms with E-state index in [4.69, 9.17) is 4.74 Å². The summed E-state index contributed by atoms with van der Waals surface area (Å²) in [5.74, 6) is -0.856. The fraction of sp³-hybridized carbons (Fsp3) is 0.321. The number of anilines is 1. The number of esters is 1. The molecule has 3 aromatic heterocycles. The van der Waals surface area contributed by atoms with E-state index in [9.17, 15) is 37.8 Å². The summed E-state index contributed by atoms with van der Waals surface area (Å²) in [6.07, 6.45) is -3.21. The topological polar surface area (TPSA) is 156 Å². The number of fused-ring (bicyclic) bond motifs is 1. The zero-order chi connectivity index (χ0) is 31.5. The summed E-state index contributed by atoms with van der Waals surface area (Å²) < 4.78 is 46.6. The summed E-state index contributed by atoms with van der Waals surface area (Å²) in [5.41, 5.74) is -1.02. The molecule has 0 bridgehead atoms. The molecule has 0 saturated carbocycles. The van der Waals surface area contributed by atoms with Crippen LogP contribution in [-0.2, 0) is 10.9 Å². The lowest BCUT2D eigenvalue weighted by Crippen LogP contribution is -2.29. The van der Waals surface area contributed by atoms with Gasteiger partial charge < -0.3 is 24.8 Å². The number of halogens is 3. The summed E-state index contributed by atoms with van der Waals surface area (Å²) in [7, 11) is 0. The Labute approximate surface area is 247 Å². The number of hydrogen-bond acceptors (Lipinski definition) is 9. The van der Waals surface area contributed by atoms with Crippen LogP contribution in [0.15, 0.2) is 46.8 Å². The molecule has 0 radical (unpaired) electrons. The van der Waals surface area contributed by atoms with Gasteiger partial charge >= 0.3 is 18.2 Å². The first-order valence-electron chi connectivity index (χ1n) is 13.1. The van der Waals surface area contributed by atoms with Crippen LogP contribution >= 0.6 is 11.3 Å². The molecule has 3 heterocycles. The van der Waals surface area contributed by atoms with Crippen molar-refractivity contribution in [1.29, 1.82) is 0 Å². The first-order chi connectivity index (χ1) is 20.4. The molecule has 0 aliphatic carbocycles. The molecule has 1 aromatic carbocycles. The average Bonchev–Trinajstić information content (AvgIpc) is 3.46. The standard InChI is InChI=1S/C28H28F3N5O6S/c1-4-32-27(41)35-23-9-16(25-34-22(13-43-25)28(29,30)31)18(10-33-23)15-6-7-20-17(8-15)24(39)19(26(40)42-5-2)11-36(20)21(12-37)14(3)38/h6-11,13-14,21,37-38H,4-5,12H2,1-3H3,(H2,32,33,35,41)/t14-,21-/m1/s1. The van der Waals surface area contributed by atoms with E-state index < -0.39 is 48.1 Å². The van der Waals surface area contributed by atoms with Crippen molar-refractivity contribution in [3.63, 3.8) is 0 Å². The number of nitrogens with zero attached hydrogens (tertiary/aromatic N) is 3. The Balaban J connectivity index is 1.97. The van der Waals surface area contributed by atoms with Gasteiger partial charge in [0.05, 0.1) is 30.9 Å². The van der Waals surface area contributed by atoms with Crippen LogP contribution < -0.4 is 16.1 Å². The number of hydrogen-bond donors (Lipinski definition) is 4. The molecule has 4 aromatic rings. The van der Waals surface area contributed by atoms with Crippen LogP contribution in [0.4, 0.5) is 23.8 Å². The third kappa shape index (κ3) is 6.68. The molecule has 0 spiro atoms. The molecule has 0 unspecified atom stereocenters. The first-order valence-corrected chi connectivity index (χ1v) is 14.0. The van der Waals surface area contributed by atoms with Crippen molar-refractivity contribution in [3.05, 3.63) is 63.5 Å². The van der Waals surface area contributed by atoms with Crippen LogP contribution in [0.5, 0.6) is 0 Å². The minimum Gasteiger partial charge on any atom is -0.462 e. The van der Waals surface area contributed by atoms with E-state index in [2.05, 4.69) is 20.6 Å². The zero-order valence-corrected chi connectivity index (χ0v) is 24.0. The van der Waals surface area contributed by atoms with Crippen molar-refractivity contribution >= 4 is 40.1 Å². The number of pyridine rings is 2. The lowest BCUT2D eigenvalue weighted by molar-refractivity contribution is -0.140. The van der Waals surface area contributed by atoms with E-state index in [0.29, 0.717) is 12.1 Å². The Bertz CT molecular complexity index is 1720. The predicted molar refractivity (Wildman–Crippen MR) is 154 cm³/mol. The number of thiazole rings is 1. The molecule has 2 amide bonds. The molecule has 2 atom stereocenters. The number of urea groups is 1. The number of aromatic nitrogens is 3. The number of aliphatic hydroxyl groups excluding tert-OH is 2. The SMILES string of the molecule is CCNC(=O)Nc1cc(-c2nc(C(F)(F)F)cs2)c(-c2ccc3c(c2)c(=O)c(C(=O)OCC)cn3[C@H](CO)[C@@H](C)O)cn1. The van der Waals surface area contributed by atoms with E-state index in [1.807, 2.05) is 0 Å². The number of amides is 2. The molecule has 43 heavy (non-hydrogen) atoms. The first kappa shape index (κ1) is 31.6. The van der Waals surface area contributed by atoms with Gasteiger partial charge in [-0.1, -0.05) is 6.07 Å². The van der Waals surface area contributed by atoms with Gasteiger partial charge in [0.25, 0.3) is 0 Å². The number of ether oxygens (including phenoxy) is 1. The van der Waals surface area contributed by atoms with Crippen molar-refractivity contribution in [2.75, 3.05) is 25.1 Å². The Kier molecular flexibility index (Phi) is 9.47. The molecule has 15 heteroatoms.